The highest BCUT2D eigenvalue weighted by Crippen LogP contribution is 2.22. The first-order valence-electron chi connectivity index (χ1n) is 8.33. The van der Waals surface area contributed by atoms with E-state index < -0.39 is 52.0 Å². The van der Waals surface area contributed by atoms with Gasteiger partial charge in [-0.2, -0.15) is 0 Å². The Morgan fingerprint density at radius 3 is 2.39 bits per heavy atom. The molecule has 1 aromatic carbocycles. The molecular weight excluding hydrogens is 371 g/mol. The number of carbonyl (C=O) groups excluding carboxylic acids is 2. The Morgan fingerprint density at radius 2 is 1.89 bits per heavy atom. The number of halogens is 1. The normalized spacial score (nSPS) is 11.9. The third-order valence-electron chi connectivity index (χ3n) is 4.07. The molecule has 10 heteroatoms. The molecule has 9 nitrogen and oxygen atoms in total. The number of nitro groups is 1. The van der Waals surface area contributed by atoms with Crippen LogP contribution in [0.1, 0.15) is 35.8 Å². The number of nitrogens with one attached hydrogen (secondary N) is 1. The van der Waals surface area contributed by atoms with Gasteiger partial charge in [-0.05, 0) is 23.6 Å². The standard InChI is InChI=1S/C18H19FN4O5/c1-10(2)16(11-3-5-12(19)6-4-11)21-15(24)9-22-8-13(23(27)28)7-14(17(20)25)18(22)26/h3-8,10,16H,9H2,1-2H3,(H2,20,25)(H,21,24). The van der Waals surface area contributed by atoms with E-state index in [-0.39, 0.29) is 5.92 Å². The fraction of sp³-hybridized carbons (Fsp3) is 0.278. The van der Waals surface area contributed by atoms with E-state index in [9.17, 15) is 28.9 Å². The maximum absolute atomic E-state index is 13.1. The van der Waals surface area contributed by atoms with Gasteiger partial charge >= 0.3 is 0 Å². The third kappa shape index (κ3) is 4.78. The second-order valence-electron chi connectivity index (χ2n) is 6.51. The Kier molecular flexibility index (Phi) is 6.24. The van der Waals surface area contributed by atoms with Crippen molar-refractivity contribution in [2.75, 3.05) is 0 Å². The van der Waals surface area contributed by atoms with E-state index in [1.807, 2.05) is 13.8 Å². The van der Waals surface area contributed by atoms with E-state index in [1.165, 1.54) is 24.3 Å². The summed E-state index contributed by atoms with van der Waals surface area (Å²) in [6.45, 7) is 3.14. The summed E-state index contributed by atoms with van der Waals surface area (Å²) in [4.78, 5) is 46.3. The molecule has 2 amide bonds. The van der Waals surface area contributed by atoms with Crippen LogP contribution in [0.25, 0.3) is 0 Å². The van der Waals surface area contributed by atoms with Crippen molar-refractivity contribution in [3.63, 3.8) is 0 Å². The molecule has 0 radical (unpaired) electrons. The molecule has 1 unspecified atom stereocenters. The summed E-state index contributed by atoms with van der Waals surface area (Å²) in [5.41, 5.74) is 3.72. The molecule has 2 rings (SSSR count). The molecule has 0 saturated carbocycles. The van der Waals surface area contributed by atoms with Crippen LogP contribution in [0.4, 0.5) is 10.1 Å². The van der Waals surface area contributed by atoms with Gasteiger partial charge < -0.3 is 11.1 Å². The summed E-state index contributed by atoms with van der Waals surface area (Å²) in [6, 6.07) is 5.89. The number of carbonyl (C=O) groups is 2. The average Bonchev–Trinajstić information content (AvgIpc) is 2.61. The molecule has 28 heavy (non-hydrogen) atoms. The lowest BCUT2D eigenvalue weighted by Crippen LogP contribution is -2.38. The van der Waals surface area contributed by atoms with Crippen molar-refractivity contribution in [3.8, 4) is 0 Å². The first kappa shape index (κ1) is 20.7. The first-order valence-corrected chi connectivity index (χ1v) is 8.33. The van der Waals surface area contributed by atoms with Crippen molar-refractivity contribution in [3.05, 3.63) is 73.9 Å². The van der Waals surface area contributed by atoms with Crippen molar-refractivity contribution in [1.29, 1.82) is 0 Å². The van der Waals surface area contributed by atoms with Crippen LogP contribution in [-0.4, -0.2) is 21.3 Å². The Hall–Kier alpha value is -3.56. The zero-order chi connectivity index (χ0) is 21.0. The summed E-state index contributed by atoms with van der Waals surface area (Å²) < 4.78 is 13.9. The van der Waals surface area contributed by atoms with Crippen LogP contribution >= 0.6 is 0 Å². The molecule has 0 fully saturated rings. The van der Waals surface area contributed by atoms with E-state index in [0.29, 0.717) is 5.56 Å². The number of pyridine rings is 1. The maximum atomic E-state index is 13.1. The molecule has 0 saturated heterocycles. The van der Waals surface area contributed by atoms with Crippen LogP contribution < -0.4 is 16.6 Å². The number of benzene rings is 1. The largest absolute Gasteiger partial charge is 0.365 e. The van der Waals surface area contributed by atoms with Gasteiger partial charge in [0.2, 0.25) is 5.91 Å². The molecule has 0 aliphatic rings. The van der Waals surface area contributed by atoms with Crippen molar-refractivity contribution in [2.24, 2.45) is 11.7 Å². The number of amides is 2. The van der Waals surface area contributed by atoms with Gasteiger partial charge in [0, 0.05) is 6.07 Å². The predicted octanol–water partition coefficient (Wildman–Crippen LogP) is 1.51. The molecule has 0 aliphatic carbocycles. The minimum atomic E-state index is -1.13. The molecule has 0 bridgehead atoms. The summed E-state index contributed by atoms with van der Waals surface area (Å²) in [6.07, 6.45) is 0.872. The number of nitrogens with zero attached hydrogens (tertiary/aromatic N) is 2. The fourth-order valence-corrected chi connectivity index (χ4v) is 2.69. The molecule has 1 heterocycles. The van der Waals surface area contributed by atoms with E-state index in [1.54, 1.807) is 0 Å². The smallest absolute Gasteiger partial charge is 0.286 e. The second kappa shape index (κ2) is 8.42. The van der Waals surface area contributed by atoms with Crippen molar-refractivity contribution in [1.82, 2.24) is 9.88 Å². The predicted molar refractivity (Wildman–Crippen MR) is 98.0 cm³/mol. The summed E-state index contributed by atoms with van der Waals surface area (Å²) in [5, 5.41) is 13.7. The highest BCUT2D eigenvalue weighted by atomic mass is 19.1. The topological polar surface area (TPSA) is 137 Å². The monoisotopic (exact) mass is 390 g/mol. The zero-order valence-corrected chi connectivity index (χ0v) is 15.2. The molecule has 1 aromatic heterocycles. The van der Waals surface area contributed by atoms with Gasteiger partial charge in [0.1, 0.15) is 17.9 Å². The zero-order valence-electron chi connectivity index (χ0n) is 15.2. The molecule has 148 valence electrons. The number of rotatable bonds is 7. The number of aromatic nitrogens is 1. The second-order valence-corrected chi connectivity index (χ2v) is 6.51. The van der Waals surface area contributed by atoms with Crippen LogP contribution in [0.5, 0.6) is 0 Å². The van der Waals surface area contributed by atoms with Crippen LogP contribution in [0.3, 0.4) is 0 Å². The van der Waals surface area contributed by atoms with Crippen LogP contribution in [-0.2, 0) is 11.3 Å². The van der Waals surface area contributed by atoms with E-state index in [0.717, 1.165) is 16.8 Å². The summed E-state index contributed by atoms with van der Waals surface area (Å²) >= 11 is 0. The molecule has 0 aliphatic heterocycles. The lowest BCUT2D eigenvalue weighted by Gasteiger charge is -2.23. The van der Waals surface area contributed by atoms with Crippen molar-refractivity contribution in [2.45, 2.75) is 26.4 Å². The van der Waals surface area contributed by atoms with Crippen molar-refractivity contribution < 1.29 is 18.9 Å². The van der Waals surface area contributed by atoms with Gasteiger partial charge in [0.15, 0.2) is 0 Å². The summed E-state index contributed by atoms with van der Waals surface area (Å²) in [5.74, 6) is -2.22. The Morgan fingerprint density at radius 1 is 1.29 bits per heavy atom. The number of primary amides is 1. The molecule has 3 N–H and O–H groups in total. The van der Waals surface area contributed by atoms with Crippen molar-refractivity contribution >= 4 is 17.5 Å². The minimum absolute atomic E-state index is 0.0579. The number of nitrogens with two attached hydrogens (primary N) is 1. The minimum Gasteiger partial charge on any atom is -0.365 e. The SMILES string of the molecule is CC(C)C(NC(=O)Cn1cc([N+](=O)[O-])cc(C(N)=O)c1=O)c1ccc(F)cc1. The van der Waals surface area contributed by atoms with Crippen LogP contribution in [0, 0.1) is 21.8 Å². The van der Waals surface area contributed by atoms with Gasteiger partial charge in [0.25, 0.3) is 17.2 Å². The molecular formula is C18H19FN4O5. The Bertz CT molecular complexity index is 969. The fourth-order valence-electron chi connectivity index (χ4n) is 2.69. The third-order valence-corrected chi connectivity index (χ3v) is 4.07. The Labute approximate surface area is 159 Å². The number of hydrogen-bond donors (Lipinski definition) is 2. The van der Waals surface area contributed by atoms with Gasteiger partial charge in [-0.15, -0.1) is 0 Å². The Balaban J connectivity index is 2.30. The van der Waals surface area contributed by atoms with Gasteiger partial charge in [0.05, 0.1) is 17.2 Å². The van der Waals surface area contributed by atoms with Crippen LogP contribution in [0.2, 0.25) is 0 Å². The average molecular weight is 390 g/mol. The van der Waals surface area contributed by atoms with Gasteiger partial charge in [-0.1, -0.05) is 26.0 Å². The molecule has 2 aromatic rings. The number of hydrogen-bond acceptors (Lipinski definition) is 5. The first-order chi connectivity index (χ1) is 13.1. The lowest BCUT2D eigenvalue weighted by molar-refractivity contribution is -0.385. The van der Waals surface area contributed by atoms with E-state index in [4.69, 9.17) is 5.73 Å². The van der Waals surface area contributed by atoms with Crippen LogP contribution in [0.15, 0.2) is 41.3 Å². The highest BCUT2D eigenvalue weighted by molar-refractivity contribution is 5.93. The molecule has 0 spiro atoms. The van der Waals surface area contributed by atoms with Gasteiger partial charge in [-0.25, -0.2) is 4.39 Å². The lowest BCUT2D eigenvalue weighted by atomic mass is 9.96. The maximum Gasteiger partial charge on any atom is 0.286 e. The van der Waals surface area contributed by atoms with E-state index >= 15 is 0 Å². The molecule has 1 atom stereocenters. The van der Waals surface area contributed by atoms with E-state index in [2.05, 4.69) is 5.32 Å². The highest BCUT2D eigenvalue weighted by Gasteiger charge is 2.21. The quantitative estimate of drug-likeness (QED) is 0.545. The summed E-state index contributed by atoms with van der Waals surface area (Å²) in [7, 11) is 0. The van der Waals surface area contributed by atoms with Gasteiger partial charge in [-0.3, -0.25) is 29.1 Å².